The fraction of sp³-hybridized carbons (Fsp3) is 0.222. The van der Waals surface area contributed by atoms with Gasteiger partial charge >= 0.3 is 0 Å². The third-order valence-corrected chi connectivity index (χ3v) is 7.29. The number of nitrogens with one attached hydrogen (secondary N) is 1. The maximum absolute atomic E-state index is 14.2. The fourth-order valence-electron chi connectivity index (χ4n) is 4.73. The lowest BCUT2D eigenvalue weighted by Gasteiger charge is -2.36. The number of halogens is 3. The number of carbonyl (C=O) groups is 1. The number of fused-ring (bicyclic) bond motifs is 1. The zero-order valence-corrected chi connectivity index (χ0v) is 20.0. The van der Waals surface area contributed by atoms with Crippen molar-refractivity contribution < 1.29 is 9.18 Å². The summed E-state index contributed by atoms with van der Waals surface area (Å²) in [5.41, 5.74) is 3.60. The highest BCUT2D eigenvalue weighted by molar-refractivity contribution is 6.42. The van der Waals surface area contributed by atoms with E-state index in [1.165, 1.54) is 6.07 Å². The highest BCUT2D eigenvalue weighted by Gasteiger charge is 2.27. The van der Waals surface area contributed by atoms with E-state index in [-0.39, 0.29) is 17.6 Å². The number of carbonyl (C=O) groups excluding carboxylic acids is 1. The predicted octanol–water partition coefficient (Wildman–Crippen LogP) is 6.48. The molecule has 0 radical (unpaired) electrons. The zero-order chi connectivity index (χ0) is 23.7. The number of benzene rings is 3. The first kappa shape index (κ1) is 22.8. The van der Waals surface area contributed by atoms with Gasteiger partial charge in [0.25, 0.3) is 0 Å². The van der Waals surface area contributed by atoms with Crippen LogP contribution in [0.2, 0.25) is 10.0 Å². The molecule has 2 heterocycles. The van der Waals surface area contributed by atoms with E-state index >= 15 is 0 Å². The third-order valence-electron chi connectivity index (χ3n) is 6.55. The van der Waals surface area contributed by atoms with E-state index in [0.717, 1.165) is 22.0 Å². The molecular formula is C27H24Cl2FN3O. The van der Waals surface area contributed by atoms with Crippen molar-refractivity contribution in [3.05, 3.63) is 99.9 Å². The van der Waals surface area contributed by atoms with Crippen molar-refractivity contribution in [2.45, 2.75) is 12.3 Å². The second-order valence-electron chi connectivity index (χ2n) is 8.54. The molecule has 1 amide bonds. The predicted molar refractivity (Wildman–Crippen MR) is 136 cm³/mol. The topological polar surface area (TPSA) is 39.3 Å². The molecular weight excluding hydrogens is 472 g/mol. The lowest BCUT2D eigenvalue weighted by atomic mass is 9.87. The number of aromatic nitrogens is 1. The van der Waals surface area contributed by atoms with Crippen LogP contribution in [0.15, 0.2) is 72.9 Å². The number of H-pyrrole nitrogens is 1. The van der Waals surface area contributed by atoms with Gasteiger partial charge in [0.15, 0.2) is 0 Å². The van der Waals surface area contributed by atoms with E-state index in [1.807, 2.05) is 52.4 Å². The summed E-state index contributed by atoms with van der Waals surface area (Å²) < 4.78 is 14.2. The molecule has 4 nitrogen and oxygen atoms in total. The number of para-hydroxylation sites is 2. The van der Waals surface area contributed by atoms with Gasteiger partial charge in [0.05, 0.1) is 15.7 Å². The van der Waals surface area contributed by atoms with Crippen molar-refractivity contribution in [2.75, 3.05) is 31.1 Å². The average Bonchev–Trinajstić information content (AvgIpc) is 3.28. The van der Waals surface area contributed by atoms with Gasteiger partial charge < -0.3 is 14.8 Å². The first-order valence-electron chi connectivity index (χ1n) is 11.3. The first-order valence-corrected chi connectivity index (χ1v) is 12.0. The van der Waals surface area contributed by atoms with E-state index in [0.29, 0.717) is 48.3 Å². The van der Waals surface area contributed by atoms with Crippen LogP contribution in [0, 0.1) is 5.82 Å². The fourth-order valence-corrected chi connectivity index (χ4v) is 5.03. The van der Waals surface area contributed by atoms with Gasteiger partial charge in [-0.05, 0) is 41.5 Å². The molecule has 0 aliphatic carbocycles. The molecule has 5 rings (SSSR count). The van der Waals surface area contributed by atoms with E-state index < -0.39 is 0 Å². The van der Waals surface area contributed by atoms with Gasteiger partial charge in [-0.25, -0.2) is 4.39 Å². The molecule has 3 aromatic carbocycles. The maximum atomic E-state index is 14.2. The molecule has 7 heteroatoms. The maximum Gasteiger partial charge on any atom is 0.223 e. The van der Waals surface area contributed by atoms with E-state index in [9.17, 15) is 9.18 Å². The van der Waals surface area contributed by atoms with Crippen molar-refractivity contribution in [1.29, 1.82) is 0 Å². The summed E-state index contributed by atoms with van der Waals surface area (Å²) in [5.74, 6) is -0.348. The van der Waals surface area contributed by atoms with Crippen LogP contribution in [0.4, 0.5) is 10.1 Å². The molecule has 1 saturated heterocycles. The van der Waals surface area contributed by atoms with Crippen LogP contribution in [-0.4, -0.2) is 42.0 Å². The minimum Gasteiger partial charge on any atom is -0.366 e. The van der Waals surface area contributed by atoms with Gasteiger partial charge in [-0.3, -0.25) is 4.79 Å². The molecule has 1 aromatic heterocycles. The summed E-state index contributed by atoms with van der Waals surface area (Å²) in [6.07, 6.45) is 2.28. The van der Waals surface area contributed by atoms with Gasteiger partial charge in [-0.15, -0.1) is 0 Å². The largest absolute Gasteiger partial charge is 0.366 e. The molecule has 0 spiro atoms. The number of hydrogen-bond acceptors (Lipinski definition) is 2. The Morgan fingerprint density at radius 3 is 2.44 bits per heavy atom. The highest BCUT2D eigenvalue weighted by atomic mass is 35.5. The average molecular weight is 496 g/mol. The van der Waals surface area contributed by atoms with Gasteiger partial charge in [0.2, 0.25) is 5.91 Å². The zero-order valence-electron chi connectivity index (χ0n) is 18.5. The van der Waals surface area contributed by atoms with Gasteiger partial charge in [0, 0.05) is 55.6 Å². The summed E-state index contributed by atoms with van der Waals surface area (Å²) in [7, 11) is 0. The Kier molecular flexibility index (Phi) is 6.48. The van der Waals surface area contributed by atoms with Gasteiger partial charge in [-0.1, -0.05) is 59.6 Å². The lowest BCUT2D eigenvalue weighted by molar-refractivity contribution is -0.131. The lowest BCUT2D eigenvalue weighted by Crippen LogP contribution is -2.49. The summed E-state index contributed by atoms with van der Waals surface area (Å²) in [5, 5.41) is 2.03. The van der Waals surface area contributed by atoms with E-state index in [2.05, 4.69) is 11.1 Å². The molecule has 0 bridgehead atoms. The molecule has 1 fully saturated rings. The van der Waals surface area contributed by atoms with Crippen LogP contribution in [0.3, 0.4) is 0 Å². The van der Waals surface area contributed by atoms with Crippen LogP contribution in [-0.2, 0) is 4.79 Å². The van der Waals surface area contributed by atoms with Gasteiger partial charge in [0.1, 0.15) is 5.82 Å². The number of amides is 1. The molecule has 1 N–H and O–H groups in total. The number of aromatic amines is 1. The van der Waals surface area contributed by atoms with Crippen molar-refractivity contribution >= 4 is 45.7 Å². The molecule has 1 unspecified atom stereocenters. The van der Waals surface area contributed by atoms with Crippen LogP contribution in [0.1, 0.15) is 23.5 Å². The Balaban J connectivity index is 1.38. The van der Waals surface area contributed by atoms with Crippen LogP contribution in [0.5, 0.6) is 0 Å². The number of piperazine rings is 1. The Morgan fingerprint density at radius 1 is 0.941 bits per heavy atom. The Labute approximate surface area is 207 Å². The molecule has 1 aliphatic heterocycles. The van der Waals surface area contributed by atoms with Crippen LogP contribution in [0.25, 0.3) is 10.9 Å². The van der Waals surface area contributed by atoms with E-state index in [4.69, 9.17) is 23.2 Å². The molecule has 0 saturated carbocycles. The smallest absolute Gasteiger partial charge is 0.223 e. The Morgan fingerprint density at radius 2 is 1.68 bits per heavy atom. The number of hydrogen-bond donors (Lipinski definition) is 1. The Bertz CT molecular complexity index is 1330. The SMILES string of the molecule is O=C(CC(c1ccc(Cl)c(Cl)c1)c1c[nH]c2ccccc12)N1CCN(c2ccccc2F)CC1. The molecule has 1 atom stereocenters. The minimum absolute atomic E-state index is 0.0644. The standard InChI is InChI=1S/C27H24Cl2FN3O/c28-22-10-9-18(15-23(22)29)20(21-17-31-25-7-3-1-5-19(21)25)16-27(34)33-13-11-32(12-14-33)26-8-4-2-6-24(26)30/h1-10,15,17,20,31H,11-14,16H2. The monoisotopic (exact) mass is 495 g/mol. The van der Waals surface area contributed by atoms with Crippen LogP contribution >= 0.6 is 23.2 Å². The summed E-state index contributed by atoms with van der Waals surface area (Å²) in [6, 6.07) is 20.4. The third kappa shape index (κ3) is 4.50. The summed E-state index contributed by atoms with van der Waals surface area (Å²) >= 11 is 12.5. The molecule has 174 valence electrons. The molecule has 4 aromatic rings. The normalized spacial score (nSPS) is 15.0. The number of nitrogens with zero attached hydrogens (tertiary/aromatic N) is 2. The van der Waals surface area contributed by atoms with Crippen molar-refractivity contribution in [3.63, 3.8) is 0 Å². The number of anilines is 1. The van der Waals surface area contributed by atoms with Crippen LogP contribution < -0.4 is 4.90 Å². The van der Waals surface area contributed by atoms with Crippen molar-refractivity contribution in [1.82, 2.24) is 9.88 Å². The second-order valence-corrected chi connectivity index (χ2v) is 9.35. The summed E-state index contributed by atoms with van der Waals surface area (Å²) in [6.45, 7) is 2.29. The highest BCUT2D eigenvalue weighted by Crippen LogP contribution is 2.36. The number of rotatable bonds is 5. The molecule has 34 heavy (non-hydrogen) atoms. The summed E-state index contributed by atoms with van der Waals surface area (Å²) in [4.78, 5) is 20.6. The first-order chi connectivity index (χ1) is 16.5. The Hall–Kier alpha value is -3.02. The van der Waals surface area contributed by atoms with Crippen molar-refractivity contribution in [2.24, 2.45) is 0 Å². The van der Waals surface area contributed by atoms with E-state index in [1.54, 1.807) is 18.2 Å². The van der Waals surface area contributed by atoms with Crippen molar-refractivity contribution in [3.8, 4) is 0 Å². The second kappa shape index (κ2) is 9.69. The quantitative estimate of drug-likeness (QED) is 0.343. The van der Waals surface area contributed by atoms with Gasteiger partial charge in [-0.2, -0.15) is 0 Å². The molecule has 1 aliphatic rings. The minimum atomic E-state index is -0.235.